The highest BCUT2D eigenvalue weighted by molar-refractivity contribution is 8.29. The van der Waals surface area contributed by atoms with Gasteiger partial charge in [-0.1, -0.05) is 37.4 Å². The van der Waals surface area contributed by atoms with Gasteiger partial charge in [-0.05, 0) is 25.0 Å². The van der Waals surface area contributed by atoms with Crippen molar-refractivity contribution in [3.63, 3.8) is 0 Å². The minimum Gasteiger partial charge on any atom is -0.289 e. The molecule has 1 saturated heterocycles. The quantitative estimate of drug-likeness (QED) is 0.432. The Morgan fingerprint density at radius 1 is 0.792 bits per heavy atom. The van der Waals surface area contributed by atoms with Crippen molar-refractivity contribution < 1.29 is 19.2 Å². The van der Waals surface area contributed by atoms with Gasteiger partial charge in [0.05, 0.1) is 14.0 Å². The Kier molecular flexibility index (Phi) is 4.69. The summed E-state index contributed by atoms with van der Waals surface area (Å²) in [6, 6.07) is 0. The second-order valence-corrected chi connectivity index (χ2v) is 7.74. The molecular weight excluding hydrogens is 348 g/mol. The minimum absolute atomic E-state index is 0.0712. The number of ketones is 2. The fraction of sp³-hybridized carbons (Fsp3) is 0.375. The SMILES string of the molecule is CCCN1C(=O)C(=C2SC3=C(S2)C(=O)C=CC3=O)C(=O)N1CCC. The van der Waals surface area contributed by atoms with Gasteiger partial charge in [0.15, 0.2) is 11.6 Å². The summed E-state index contributed by atoms with van der Waals surface area (Å²) < 4.78 is 0.431. The first kappa shape index (κ1) is 17.0. The van der Waals surface area contributed by atoms with Crippen LogP contribution >= 0.6 is 23.5 Å². The molecule has 0 spiro atoms. The Bertz CT molecular complexity index is 693. The smallest absolute Gasteiger partial charge is 0.279 e. The number of allylic oxidation sites excluding steroid dienone is 4. The molecule has 6 nitrogen and oxygen atoms in total. The maximum absolute atomic E-state index is 12.7. The molecule has 0 atom stereocenters. The van der Waals surface area contributed by atoms with Crippen LogP contribution in [0.5, 0.6) is 0 Å². The van der Waals surface area contributed by atoms with Gasteiger partial charge in [-0.15, -0.1) is 0 Å². The van der Waals surface area contributed by atoms with E-state index < -0.39 is 0 Å². The van der Waals surface area contributed by atoms with Crippen LogP contribution < -0.4 is 0 Å². The van der Waals surface area contributed by atoms with Crippen LogP contribution in [0.4, 0.5) is 0 Å². The van der Waals surface area contributed by atoms with Gasteiger partial charge >= 0.3 is 0 Å². The molecule has 1 fully saturated rings. The number of rotatable bonds is 4. The maximum atomic E-state index is 12.7. The third kappa shape index (κ3) is 2.63. The number of nitrogens with zero attached hydrogens (tertiary/aromatic N) is 2. The lowest BCUT2D eigenvalue weighted by atomic mass is 10.2. The number of carbonyl (C=O) groups is 4. The summed E-state index contributed by atoms with van der Waals surface area (Å²) in [4.78, 5) is 49.9. The summed E-state index contributed by atoms with van der Waals surface area (Å²) in [6.07, 6.45) is 3.93. The molecule has 3 rings (SSSR count). The zero-order chi connectivity index (χ0) is 17.4. The van der Waals surface area contributed by atoms with Crippen LogP contribution in [0.1, 0.15) is 26.7 Å². The van der Waals surface area contributed by atoms with E-state index in [0.717, 1.165) is 36.4 Å². The molecule has 2 amide bonds. The molecule has 24 heavy (non-hydrogen) atoms. The lowest BCUT2D eigenvalue weighted by Crippen LogP contribution is -2.41. The van der Waals surface area contributed by atoms with Gasteiger partial charge < -0.3 is 0 Å². The average molecular weight is 364 g/mol. The van der Waals surface area contributed by atoms with E-state index in [4.69, 9.17) is 0 Å². The molecule has 0 aromatic heterocycles. The first-order valence-corrected chi connectivity index (χ1v) is 9.37. The Balaban J connectivity index is 1.96. The van der Waals surface area contributed by atoms with Crippen LogP contribution in [0, 0.1) is 0 Å². The first-order chi connectivity index (χ1) is 11.5. The third-order valence-corrected chi connectivity index (χ3v) is 6.32. The van der Waals surface area contributed by atoms with Crippen molar-refractivity contribution in [2.45, 2.75) is 26.7 Å². The summed E-state index contributed by atoms with van der Waals surface area (Å²) in [5, 5.41) is 2.93. The molecule has 0 bridgehead atoms. The second kappa shape index (κ2) is 6.60. The van der Waals surface area contributed by atoms with Crippen LogP contribution in [0.25, 0.3) is 0 Å². The molecule has 0 radical (unpaired) electrons. The molecule has 0 aromatic rings. The standard InChI is InChI=1S/C16H16N2O4S2/c1-3-7-17-14(21)11(15(22)18(17)8-4-2)16-23-12-9(19)5-6-10(20)13(12)24-16/h5-6H,3-4,7-8H2,1-2H3. The lowest BCUT2D eigenvalue weighted by Gasteiger charge is -2.26. The third-order valence-electron chi connectivity index (χ3n) is 3.69. The number of thioether (sulfide) groups is 2. The number of hydrogen-bond donors (Lipinski definition) is 0. The van der Waals surface area contributed by atoms with Gasteiger partial charge in [0.1, 0.15) is 5.57 Å². The highest BCUT2D eigenvalue weighted by Gasteiger charge is 2.45. The van der Waals surface area contributed by atoms with E-state index in [1.807, 2.05) is 13.8 Å². The Hall–Kier alpha value is -1.80. The van der Waals surface area contributed by atoms with Crippen LogP contribution in [0.15, 0.2) is 31.8 Å². The first-order valence-electron chi connectivity index (χ1n) is 7.74. The van der Waals surface area contributed by atoms with E-state index in [2.05, 4.69) is 0 Å². The normalized spacial score (nSPS) is 20.9. The van der Waals surface area contributed by atoms with E-state index in [1.165, 1.54) is 22.2 Å². The maximum Gasteiger partial charge on any atom is 0.279 e. The molecule has 0 aromatic carbocycles. The predicted molar refractivity (Wildman–Crippen MR) is 92.4 cm³/mol. The molecule has 3 aliphatic rings. The highest BCUT2D eigenvalue weighted by Crippen LogP contribution is 2.53. The van der Waals surface area contributed by atoms with E-state index in [9.17, 15) is 19.2 Å². The Morgan fingerprint density at radius 3 is 1.58 bits per heavy atom. The Labute approximate surface area is 148 Å². The number of amides is 2. The van der Waals surface area contributed by atoms with E-state index in [0.29, 0.717) is 27.1 Å². The van der Waals surface area contributed by atoms with E-state index in [1.54, 1.807) is 0 Å². The lowest BCUT2D eigenvalue weighted by molar-refractivity contribution is -0.146. The van der Waals surface area contributed by atoms with Crippen molar-refractivity contribution in [3.05, 3.63) is 31.8 Å². The van der Waals surface area contributed by atoms with Crippen molar-refractivity contribution in [1.29, 1.82) is 0 Å². The number of carbonyl (C=O) groups excluding carboxylic acids is 4. The summed E-state index contributed by atoms with van der Waals surface area (Å²) in [7, 11) is 0. The molecule has 0 N–H and O–H groups in total. The molecule has 126 valence electrons. The van der Waals surface area contributed by atoms with Crippen molar-refractivity contribution in [2.75, 3.05) is 13.1 Å². The molecule has 2 aliphatic heterocycles. The molecule has 0 unspecified atom stereocenters. The zero-order valence-electron chi connectivity index (χ0n) is 13.3. The Morgan fingerprint density at radius 2 is 1.21 bits per heavy atom. The van der Waals surface area contributed by atoms with Gasteiger partial charge in [0.2, 0.25) is 0 Å². The van der Waals surface area contributed by atoms with Crippen LogP contribution in [0.2, 0.25) is 0 Å². The van der Waals surface area contributed by atoms with Crippen molar-refractivity contribution in [1.82, 2.24) is 10.0 Å². The summed E-state index contributed by atoms with van der Waals surface area (Å²) >= 11 is 2.11. The van der Waals surface area contributed by atoms with Crippen LogP contribution in [-0.2, 0) is 19.2 Å². The van der Waals surface area contributed by atoms with E-state index in [-0.39, 0.29) is 29.0 Å². The van der Waals surface area contributed by atoms with Crippen LogP contribution in [-0.4, -0.2) is 46.5 Å². The van der Waals surface area contributed by atoms with Gasteiger partial charge in [-0.25, -0.2) is 10.0 Å². The van der Waals surface area contributed by atoms with E-state index >= 15 is 0 Å². The predicted octanol–water partition coefficient (Wildman–Crippen LogP) is 2.00. The van der Waals surface area contributed by atoms with Crippen molar-refractivity contribution >= 4 is 46.9 Å². The molecule has 8 heteroatoms. The molecule has 2 heterocycles. The fourth-order valence-corrected chi connectivity index (χ4v) is 5.20. The van der Waals surface area contributed by atoms with Gasteiger partial charge in [0, 0.05) is 13.1 Å². The summed E-state index contributed by atoms with van der Waals surface area (Å²) in [5.41, 5.74) is 0.0712. The second-order valence-electron chi connectivity index (χ2n) is 5.44. The minimum atomic E-state index is -0.349. The molecule has 0 saturated carbocycles. The average Bonchev–Trinajstić information content (AvgIpc) is 3.08. The topological polar surface area (TPSA) is 74.8 Å². The summed E-state index contributed by atoms with van der Waals surface area (Å²) in [6.45, 7) is 4.80. The molecule has 1 aliphatic carbocycles. The monoisotopic (exact) mass is 364 g/mol. The zero-order valence-corrected chi connectivity index (χ0v) is 15.0. The number of hydrogen-bond acceptors (Lipinski definition) is 6. The highest BCUT2D eigenvalue weighted by atomic mass is 32.2. The summed E-state index contributed by atoms with van der Waals surface area (Å²) in [5.74, 6) is -1.21. The number of hydrazine groups is 1. The van der Waals surface area contributed by atoms with Gasteiger partial charge in [-0.2, -0.15) is 0 Å². The fourth-order valence-electron chi connectivity index (χ4n) is 2.64. The van der Waals surface area contributed by atoms with Crippen molar-refractivity contribution in [2.24, 2.45) is 0 Å². The largest absolute Gasteiger partial charge is 0.289 e. The van der Waals surface area contributed by atoms with Crippen LogP contribution in [0.3, 0.4) is 0 Å². The van der Waals surface area contributed by atoms with Crippen molar-refractivity contribution in [3.8, 4) is 0 Å². The van der Waals surface area contributed by atoms with Gasteiger partial charge in [-0.3, -0.25) is 19.2 Å². The van der Waals surface area contributed by atoms with Gasteiger partial charge in [0.25, 0.3) is 11.8 Å². The molecular formula is C16H16N2O4S2.